The zero-order chi connectivity index (χ0) is 35.2. The van der Waals surface area contributed by atoms with Crippen LogP contribution in [-0.4, -0.2) is 110 Å². The van der Waals surface area contributed by atoms with E-state index in [1.54, 1.807) is 31.2 Å². The molecule has 0 aromatic heterocycles. The molecule has 2 heterocycles. The first-order chi connectivity index (χ1) is 22.9. The smallest absolute Gasteiger partial charge is 0.335 e. The third kappa shape index (κ3) is 11.9. The van der Waals surface area contributed by atoms with Crippen LogP contribution in [0.1, 0.15) is 61.8 Å². The van der Waals surface area contributed by atoms with E-state index in [1.165, 1.54) is 12.1 Å². The highest BCUT2D eigenvalue weighted by Gasteiger charge is 2.30. The largest absolute Gasteiger partial charge is 0.479 e. The molecule has 2 saturated heterocycles. The lowest BCUT2D eigenvalue weighted by Crippen LogP contribution is -2.48. The van der Waals surface area contributed by atoms with Crippen LogP contribution in [0, 0.1) is 15.9 Å². The number of nitro groups is 1. The quantitative estimate of drug-likeness (QED) is 0.169. The van der Waals surface area contributed by atoms with Gasteiger partial charge in [0.1, 0.15) is 5.82 Å². The zero-order valence-corrected chi connectivity index (χ0v) is 26.9. The van der Waals surface area contributed by atoms with Gasteiger partial charge in [-0.15, -0.1) is 0 Å². The van der Waals surface area contributed by atoms with Gasteiger partial charge < -0.3 is 39.7 Å². The second-order valence-corrected chi connectivity index (χ2v) is 11.7. The Bertz CT molecular complexity index is 1310. The van der Waals surface area contributed by atoms with Gasteiger partial charge in [0.05, 0.1) is 19.6 Å². The number of aliphatic hydroxyl groups excluding tert-OH is 2. The molecule has 4 N–H and O–H groups in total. The van der Waals surface area contributed by atoms with Crippen LogP contribution in [0.15, 0.2) is 48.5 Å². The molecule has 4 rings (SSSR count). The average Bonchev–Trinajstić information content (AvgIpc) is 3.08. The zero-order valence-electron chi connectivity index (χ0n) is 26.9. The Morgan fingerprint density at radius 1 is 0.958 bits per heavy atom. The van der Waals surface area contributed by atoms with Crippen molar-refractivity contribution in [2.45, 2.75) is 82.6 Å². The highest BCUT2D eigenvalue weighted by molar-refractivity contribution is 5.83. The molecular weight excluding hydrogens is 633 g/mol. The lowest BCUT2D eigenvalue weighted by molar-refractivity contribution is -0.529. The summed E-state index contributed by atoms with van der Waals surface area (Å²) >= 11 is 0. The molecule has 0 bridgehead atoms. The van der Waals surface area contributed by atoms with Crippen molar-refractivity contribution in [3.63, 3.8) is 0 Å². The summed E-state index contributed by atoms with van der Waals surface area (Å²) < 4.78 is 24.8. The van der Waals surface area contributed by atoms with Crippen molar-refractivity contribution in [3.8, 4) is 0 Å². The molecule has 2 aliphatic heterocycles. The first-order valence-electron chi connectivity index (χ1n) is 15.9. The number of carboxylic acids is 2. The van der Waals surface area contributed by atoms with Crippen molar-refractivity contribution in [1.82, 2.24) is 9.80 Å². The third-order valence-electron chi connectivity index (χ3n) is 8.33. The van der Waals surface area contributed by atoms with Crippen molar-refractivity contribution < 1.29 is 53.6 Å². The van der Waals surface area contributed by atoms with Crippen molar-refractivity contribution in [2.24, 2.45) is 0 Å². The van der Waals surface area contributed by atoms with E-state index in [4.69, 9.17) is 29.9 Å². The van der Waals surface area contributed by atoms with Crippen LogP contribution in [0.25, 0.3) is 0 Å². The molecular formula is C33H44FN3O11. The summed E-state index contributed by atoms with van der Waals surface area (Å²) in [4.78, 5) is 48.5. The highest BCUT2D eigenvalue weighted by atomic mass is 19.1. The van der Waals surface area contributed by atoms with Gasteiger partial charge in [-0.05, 0) is 42.5 Å². The van der Waals surface area contributed by atoms with E-state index in [0.717, 1.165) is 69.7 Å². The predicted molar refractivity (Wildman–Crippen MR) is 169 cm³/mol. The van der Waals surface area contributed by atoms with Gasteiger partial charge >= 0.3 is 11.9 Å². The molecule has 48 heavy (non-hydrogen) atoms. The number of amides is 1. The number of carbonyl (C=O) groups is 3. The van der Waals surface area contributed by atoms with E-state index in [2.05, 4.69) is 4.90 Å². The van der Waals surface area contributed by atoms with E-state index >= 15 is 0 Å². The number of rotatable bonds is 14. The van der Waals surface area contributed by atoms with Gasteiger partial charge in [-0.2, -0.15) is 0 Å². The maximum atomic E-state index is 13.6. The Kier molecular flexibility index (Phi) is 15.3. The van der Waals surface area contributed by atoms with E-state index in [0.29, 0.717) is 18.5 Å². The number of likely N-dealkylation sites (tertiary alicyclic amines) is 1. The predicted octanol–water partition coefficient (Wildman–Crippen LogP) is 2.62. The first kappa shape index (κ1) is 38.4. The van der Waals surface area contributed by atoms with Crippen molar-refractivity contribution in [3.05, 3.63) is 81.2 Å². The molecule has 1 amide bonds. The minimum atomic E-state index is -2.27. The van der Waals surface area contributed by atoms with E-state index in [-0.39, 0.29) is 35.4 Å². The topological polar surface area (TPSA) is 200 Å². The van der Waals surface area contributed by atoms with Crippen LogP contribution in [0.2, 0.25) is 0 Å². The molecule has 3 atom stereocenters. The fourth-order valence-electron chi connectivity index (χ4n) is 5.56. The molecule has 2 aliphatic rings. The lowest BCUT2D eigenvalue weighted by atomic mass is 9.99. The second kappa shape index (κ2) is 19.1. The summed E-state index contributed by atoms with van der Waals surface area (Å²) in [6.45, 7) is 6.40. The van der Waals surface area contributed by atoms with Crippen molar-refractivity contribution in [2.75, 3.05) is 32.8 Å². The number of aliphatic carboxylic acids is 2. The van der Waals surface area contributed by atoms with Gasteiger partial charge in [0.25, 0.3) is 0 Å². The van der Waals surface area contributed by atoms with Gasteiger partial charge in [-0.25, -0.2) is 14.0 Å². The summed E-state index contributed by atoms with van der Waals surface area (Å²) in [5, 5.41) is 43.8. The summed E-state index contributed by atoms with van der Waals surface area (Å²) in [5.74, 6) is -3.83. The van der Waals surface area contributed by atoms with Gasteiger partial charge in [-0.3, -0.25) is 14.9 Å². The molecule has 2 aromatic rings. The maximum absolute atomic E-state index is 13.6. The Hall–Kier alpha value is -4.02. The highest BCUT2D eigenvalue weighted by Crippen LogP contribution is 2.24. The van der Waals surface area contributed by atoms with E-state index in [1.807, 2.05) is 17.0 Å². The molecule has 0 aliphatic carbocycles. The normalized spacial score (nSPS) is 17.8. The SMILES string of the molecule is CCC(c1ccc(CC(=O)N(Cc2ccc(F)cc2)C2CCN(CCC3OCCCO3)CC2)cc1)[N+](=O)[O-].O=C(O)C(O)C(O)C(=O)O. The monoisotopic (exact) mass is 677 g/mol. The summed E-state index contributed by atoms with van der Waals surface area (Å²) in [7, 11) is 0. The van der Waals surface area contributed by atoms with Crippen molar-refractivity contribution in [1.29, 1.82) is 0 Å². The number of piperidine rings is 1. The van der Waals surface area contributed by atoms with Crippen molar-refractivity contribution >= 4 is 17.8 Å². The average molecular weight is 678 g/mol. The molecule has 2 fully saturated rings. The lowest BCUT2D eigenvalue weighted by Gasteiger charge is -2.39. The van der Waals surface area contributed by atoms with E-state index < -0.39 is 30.2 Å². The van der Waals surface area contributed by atoms with Crippen LogP contribution in [-0.2, 0) is 36.8 Å². The Labute approximate surface area is 277 Å². The number of aliphatic hydroxyl groups is 2. The van der Waals surface area contributed by atoms with E-state index in [9.17, 15) is 28.9 Å². The van der Waals surface area contributed by atoms with Crippen LogP contribution < -0.4 is 0 Å². The number of hydrogen-bond donors (Lipinski definition) is 4. The Morgan fingerprint density at radius 2 is 1.50 bits per heavy atom. The van der Waals surface area contributed by atoms with Crippen LogP contribution >= 0.6 is 0 Å². The number of ether oxygens (including phenoxy) is 2. The number of carboxylic acid groups (broad SMARTS) is 2. The third-order valence-corrected chi connectivity index (χ3v) is 8.33. The Balaban J connectivity index is 0.000000542. The number of halogens is 1. The number of benzene rings is 2. The summed E-state index contributed by atoms with van der Waals surface area (Å²) in [5.41, 5.74) is 2.36. The van der Waals surface area contributed by atoms with Gasteiger partial charge in [-0.1, -0.05) is 43.3 Å². The molecule has 15 heteroatoms. The molecule has 3 unspecified atom stereocenters. The molecule has 0 radical (unpaired) electrons. The van der Waals surface area contributed by atoms with Gasteiger partial charge in [0.2, 0.25) is 11.9 Å². The van der Waals surface area contributed by atoms with Crippen LogP contribution in [0.4, 0.5) is 4.39 Å². The molecule has 2 aromatic carbocycles. The fraction of sp³-hybridized carbons (Fsp3) is 0.545. The minimum absolute atomic E-state index is 0.00542. The molecule has 0 spiro atoms. The summed E-state index contributed by atoms with van der Waals surface area (Å²) in [6.07, 6.45) is -0.518. The maximum Gasteiger partial charge on any atom is 0.335 e. The number of nitrogens with zero attached hydrogens (tertiary/aromatic N) is 3. The first-order valence-corrected chi connectivity index (χ1v) is 15.9. The molecule has 264 valence electrons. The Morgan fingerprint density at radius 3 is 2.00 bits per heavy atom. The minimum Gasteiger partial charge on any atom is -0.479 e. The van der Waals surface area contributed by atoms with Gasteiger partial charge in [0, 0.05) is 55.5 Å². The fourth-order valence-corrected chi connectivity index (χ4v) is 5.56. The number of carbonyl (C=O) groups excluding carboxylic acids is 1. The molecule has 0 saturated carbocycles. The van der Waals surface area contributed by atoms with Crippen LogP contribution in [0.3, 0.4) is 0 Å². The molecule has 14 nitrogen and oxygen atoms in total. The number of hydrogen-bond acceptors (Lipinski definition) is 10. The second-order valence-electron chi connectivity index (χ2n) is 11.7. The van der Waals surface area contributed by atoms with Crippen LogP contribution in [0.5, 0.6) is 0 Å². The van der Waals surface area contributed by atoms with Gasteiger partial charge in [0.15, 0.2) is 18.5 Å². The standard InChI is InChI=1S/C29H38FN3O5.C4H6O6/c1-2-27(33(35)36)24-8-4-22(5-9-24)20-28(34)32(21-23-6-10-25(30)11-7-23)26-12-15-31(16-13-26)17-14-29-37-18-3-19-38-29;5-1(3(7)8)2(6)4(9)10/h4-11,26-27,29H,2-3,12-21H2,1H3;1-2,5-6H,(H,7,8)(H,9,10). The summed E-state index contributed by atoms with van der Waals surface area (Å²) in [6, 6.07) is 12.8.